The molecular formula is C29H27N3O6S. The third-order valence-corrected chi connectivity index (χ3v) is 9.06. The molecule has 0 aliphatic carbocycles. The highest BCUT2D eigenvalue weighted by Gasteiger charge is 2.64. The fraction of sp³-hybridized carbons (Fsp3) is 0.241. The maximum atomic E-state index is 14.2. The number of aliphatic imine (C=N–C) groups is 1. The predicted molar refractivity (Wildman–Crippen MR) is 144 cm³/mol. The van der Waals surface area contributed by atoms with Crippen LogP contribution in [0.25, 0.3) is 0 Å². The number of carbonyl (C=O) groups excluding carboxylic acids is 1. The predicted octanol–water partition coefficient (Wildman–Crippen LogP) is 4.67. The summed E-state index contributed by atoms with van der Waals surface area (Å²) in [6.07, 6.45) is 1.58. The molecular weight excluding hydrogens is 518 g/mol. The van der Waals surface area contributed by atoms with E-state index in [1.807, 2.05) is 37.3 Å². The van der Waals surface area contributed by atoms with Gasteiger partial charge in [-0.2, -0.15) is 12.8 Å². The Labute approximate surface area is 227 Å². The maximum absolute atomic E-state index is 14.2. The first-order valence-corrected chi connectivity index (χ1v) is 14.0. The Bertz CT molecular complexity index is 1600. The van der Waals surface area contributed by atoms with Gasteiger partial charge in [0.2, 0.25) is 6.79 Å². The number of sulfonamides is 1. The Morgan fingerprint density at radius 2 is 1.79 bits per heavy atom. The summed E-state index contributed by atoms with van der Waals surface area (Å²) in [6.45, 7) is 8.03. The van der Waals surface area contributed by atoms with Crippen LogP contribution in [0.3, 0.4) is 0 Å². The molecule has 200 valence electrons. The SMILES string of the molecule is C=C1N(S(=O)(=O)c2ccc(C)cc2)N2C=Nc3cc4c(cc3[C@@H]2[C@]1(Cc1ccccc1)C(=O)OCC)OCO4. The van der Waals surface area contributed by atoms with Crippen LogP contribution in [0.1, 0.15) is 29.7 Å². The lowest BCUT2D eigenvalue weighted by molar-refractivity contribution is -0.154. The highest BCUT2D eigenvalue weighted by Crippen LogP contribution is 2.59. The highest BCUT2D eigenvalue weighted by atomic mass is 32.2. The number of carbonyl (C=O) groups is 1. The minimum atomic E-state index is -4.20. The van der Waals surface area contributed by atoms with Gasteiger partial charge in [-0.3, -0.25) is 9.80 Å². The van der Waals surface area contributed by atoms with Crippen LogP contribution < -0.4 is 9.47 Å². The average Bonchev–Trinajstić information content (AvgIpc) is 3.48. The van der Waals surface area contributed by atoms with Crippen LogP contribution in [0, 0.1) is 12.3 Å². The average molecular weight is 546 g/mol. The number of rotatable bonds is 6. The van der Waals surface area contributed by atoms with E-state index in [0.29, 0.717) is 22.7 Å². The van der Waals surface area contributed by atoms with Crippen molar-refractivity contribution in [2.24, 2.45) is 10.4 Å². The standard InChI is InChI=1S/C29H27N3O6S/c1-4-36-28(33)29(16-21-8-6-5-7-9-21)20(3)32(39(34,35)22-12-10-19(2)11-13-22)31-17-30-24-15-26-25(37-18-38-26)14-23(24)27(29)31/h5-15,17,27H,3-4,16,18H2,1-2H3/t27-,29-/m1/s1. The molecule has 10 heteroatoms. The van der Waals surface area contributed by atoms with Gasteiger partial charge < -0.3 is 14.2 Å². The van der Waals surface area contributed by atoms with Gasteiger partial charge in [0, 0.05) is 11.6 Å². The van der Waals surface area contributed by atoms with E-state index < -0.39 is 27.4 Å². The molecule has 3 aliphatic rings. The van der Waals surface area contributed by atoms with E-state index >= 15 is 0 Å². The molecule has 0 saturated carbocycles. The third kappa shape index (κ3) is 3.77. The largest absolute Gasteiger partial charge is 0.465 e. The first-order valence-electron chi connectivity index (χ1n) is 12.6. The van der Waals surface area contributed by atoms with E-state index in [0.717, 1.165) is 15.5 Å². The van der Waals surface area contributed by atoms with E-state index in [4.69, 9.17) is 14.2 Å². The highest BCUT2D eigenvalue weighted by molar-refractivity contribution is 7.89. The van der Waals surface area contributed by atoms with E-state index in [-0.39, 0.29) is 30.4 Å². The van der Waals surface area contributed by atoms with Crippen LogP contribution in [-0.2, 0) is 26.0 Å². The summed E-state index contributed by atoms with van der Waals surface area (Å²) in [4.78, 5) is 18.7. The molecule has 0 amide bonds. The summed E-state index contributed by atoms with van der Waals surface area (Å²) >= 11 is 0. The summed E-state index contributed by atoms with van der Waals surface area (Å²) in [6, 6.07) is 18.6. The van der Waals surface area contributed by atoms with Crippen molar-refractivity contribution >= 4 is 28.0 Å². The Morgan fingerprint density at radius 3 is 2.49 bits per heavy atom. The summed E-state index contributed by atoms with van der Waals surface area (Å²) < 4.78 is 46.3. The van der Waals surface area contributed by atoms with Crippen molar-refractivity contribution in [1.29, 1.82) is 0 Å². The molecule has 0 bridgehead atoms. The van der Waals surface area contributed by atoms with E-state index in [9.17, 15) is 13.2 Å². The minimum absolute atomic E-state index is 0.0595. The van der Waals surface area contributed by atoms with Crippen molar-refractivity contribution in [3.8, 4) is 11.5 Å². The smallest absolute Gasteiger partial charge is 0.321 e. The maximum Gasteiger partial charge on any atom is 0.321 e. The normalized spacial score (nSPS) is 21.1. The first kappa shape index (κ1) is 25.0. The Balaban J connectivity index is 1.60. The molecule has 2 atom stereocenters. The number of esters is 1. The topological polar surface area (TPSA) is 97.7 Å². The molecule has 3 heterocycles. The number of nitrogens with zero attached hydrogens (tertiary/aromatic N) is 3. The number of hydrogen-bond acceptors (Lipinski definition) is 8. The lowest BCUT2D eigenvalue weighted by Gasteiger charge is -2.36. The Morgan fingerprint density at radius 1 is 1.10 bits per heavy atom. The molecule has 0 unspecified atom stereocenters. The quantitative estimate of drug-likeness (QED) is 0.416. The van der Waals surface area contributed by atoms with Gasteiger partial charge in [-0.05, 0) is 44.0 Å². The van der Waals surface area contributed by atoms with Crippen molar-refractivity contribution in [2.45, 2.75) is 31.2 Å². The van der Waals surface area contributed by atoms with Gasteiger partial charge >= 0.3 is 5.97 Å². The second kappa shape index (κ2) is 9.16. The Kier molecular flexibility index (Phi) is 5.87. The molecule has 6 rings (SSSR count). The number of benzene rings is 3. The summed E-state index contributed by atoms with van der Waals surface area (Å²) in [5.74, 6) is 0.452. The van der Waals surface area contributed by atoms with Gasteiger partial charge in [0.15, 0.2) is 11.5 Å². The molecule has 3 aromatic carbocycles. The van der Waals surface area contributed by atoms with Crippen LogP contribution in [0.15, 0.2) is 88.9 Å². The van der Waals surface area contributed by atoms with Gasteiger partial charge in [0.25, 0.3) is 10.0 Å². The van der Waals surface area contributed by atoms with E-state index in [1.54, 1.807) is 43.3 Å². The number of ether oxygens (including phenoxy) is 3. The molecule has 3 aromatic rings. The zero-order valence-electron chi connectivity index (χ0n) is 21.5. The van der Waals surface area contributed by atoms with Crippen molar-refractivity contribution in [3.05, 3.63) is 95.7 Å². The number of aryl methyl sites for hydroxylation is 1. The number of fused-ring (bicyclic) bond motifs is 4. The van der Waals surface area contributed by atoms with Crippen molar-refractivity contribution < 1.29 is 27.4 Å². The number of hydrazine groups is 1. The zero-order chi connectivity index (χ0) is 27.4. The van der Waals surface area contributed by atoms with Crippen LogP contribution in [0.4, 0.5) is 5.69 Å². The summed E-state index contributed by atoms with van der Waals surface area (Å²) in [7, 11) is -4.20. The van der Waals surface area contributed by atoms with Crippen molar-refractivity contribution in [2.75, 3.05) is 13.4 Å². The molecule has 0 radical (unpaired) electrons. The van der Waals surface area contributed by atoms with Crippen LogP contribution in [-0.4, -0.2) is 43.5 Å². The molecule has 39 heavy (non-hydrogen) atoms. The first-order chi connectivity index (χ1) is 18.8. The lowest BCUT2D eigenvalue weighted by atomic mass is 9.71. The minimum Gasteiger partial charge on any atom is -0.465 e. The monoisotopic (exact) mass is 545 g/mol. The van der Waals surface area contributed by atoms with Crippen LogP contribution >= 0.6 is 0 Å². The lowest BCUT2D eigenvalue weighted by Crippen LogP contribution is -2.43. The fourth-order valence-electron chi connectivity index (χ4n) is 5.48. The van der Waals surface area contributed by atoms with Crippen LogP contribution in [0.2, 0.25) is 0 Å². The number of hydrogen-bond donors (Lipinski definition) is 0. The van der Waals surface area contributed by atoms with Crippen molar-refractivity contribution in [3.63, 3.8) is 0 Å². The third-order valence-electron chi connectivity index (χ3n) is 7.33. The van der Waals surface area contributed by atoms with Gasteiger partial charge in [-0.25, -0.2) is 4.99 Å². The zero-order valence-corrected chi connectivity index (χ0v) is 22.3. The molecule has 1 fully saturated rings. The van der Waals surface area contributed by atoms with Gasteiger partial charge in [-0.15, -0.1) is 0 Å². The summed E-state index contributed by atoms with van der Waals surface area (Å²) in [5.41, 5.74) is 1.46. The van der Waals surface area contributed by atoms with E-state index in [2.05, 4.69) is 11.6 Å². The molecule has 0 spiro atoms. The molecule has 3 aliphatic heterocycles. The fourth-order valence-corrected chi connectivity index (χ4v) is 6.99. The Hall–Kier alpha value is -4.31. The van der Waals surface area contributed by atoms with Gasteiger partial charge in [0.05, 0.1) is 22.9 Å². The molecule has 9 nitrogen and oxygen atoms in total. The second-order valence-corrected chi connectivity index (χ2v) is 11.4. The van der Waals surface area contributed by atoms with Gasteiger partial charge in [-0.1, -0.05) is 54.6 Å². The van der Waals surface area contributed by atoms with E-state index in [1.165, 1.54) is 11.3 Å². The second-order valence-electron chi connectivity index (χ2n) is 9.65. The van der Waals surface area contributed by atoms with Gasteiger partial charge in [0.1, 0.15) is 17.8 Å². The molecule has 0 aromatic heterocycles. The summed E-state index contributed by atoms with van der Waals surface area (Å²) in [5, 5.41) is 1.47. The van der Waals surface area contributed by atoms with Crippen molar-refractivity contribution in [1.82, 2.24) is 9.42 Å². The molecule has 0 N–H and O–H groups in total. The molecule has 1 saturated heterocycles. The van der Waals surface area contributed by atoms with Crippen LogP contribution in [0.5, 0.6) is 11.5 Å².